The Morgan fingerprint density at radius 2 is 1.57 bits per heavy atom. The lowest BCUT2D eigenvalue weighted by atomic mass is 9.85. The van der Waals surface area contributed by atoms with Gasteiger partial charge < -0.3 is 85.5 Å². The second-order valence-corrected chi connectivity index (χ2v) is 18.9. The average molecular weight is 1070 g/mol. The van der Waals surface area contributed by atoms with Gasteiger partial charge in [-0.15, -0.1) is 0 Å². The van der Waals surface area contributed by atoms with Crippen LogP contribution in [-0.2, 0) is 44.8 Å². The molecule has 20 N–H and O–H groups in total. The first-order chi connectivity index (χ1) is 36.8. The largest absolute Gasteiger partial charge is 0.481 e. The van der Waals surface area contributed by atoms with Crippen molar-refractivity contribution in [2.45, 2.75) is 119 Å². The van der Waals surface area contributed by atoms with Gasteiger partial charge >= 0.3 is 5.97 Å². The predicted octanol–water partition coefficient (Wildman–Crippen LogP) is -1.11. The highest BCUT2D eigenvalue weighted by Crippen LogP contribution is 2.36. The van der Waals surface area contributed by atoms with Gasteiger partial charge in [0, 0.05) is 53.1 Å². The number of aliphatic hydroxyl groups excluding tert-OH is 1. The number of carboxylic acid groups (broad SMARTS) is 1. The monoisotopic (exact) mass is 1060 g/mol. The molecule has 0 spiro atoms. The van der Waals surface area contributed by atoms with Crippen LogP contribution in [0.3, 0.4) is 0 Å². The Balaban J connectivity index is 1.47. The Morgan fingerprint density at radius 3 is 2.25 bits per heavy atom. The van der Waals surface area contributed by atoms with Gasteiger partial charge in [-0.25, -0.2) is 4.79 Å². The molecule has 0 radical (unpaired) electrons. The summed E-state index contributed by atoms with van der Waals surface area (Å²) in [5.74, 6) is -9.06. The van der Waals surface area contributed by atoms with Crippen molar-refractivity contribution >= 4 is 75.1 Å². The fraction of sp³-hybridized carbons (Fsp3) is 0.404. The number of nitrogens with two attached hydrogens (primary N) is 5. The molecule has 5 aromatic rings. The van der Waals surface area contributed by atoms with E-state index >= 15 is 9.59 Å². The summed E-state index contributed by atoms with van der Waals surface area (Å²) in [7, 11) is 0. The maximum Gasteiger partial charge on any atom is 0.326 e. The van der Waals surface area contributed by atoms with Crippen LogP contribution in [0.25, 0.3) is 21.8 Å². The van der Waals surface area contributed by atoms with Crippen LogP contribution in [0.2, 0.25) is 0 Å². The summed E-state index contributed by atoms with van der Waals surface area (Å²) >= 11 is 0. The summed E-state index contributed by atoms with van der Waals surface area (Å²) in [4.78, 5) is 122. The third kappa shape index (κ3) is 15.1. The Morgan fingerprint density at radius 1 is 0.831 bits per heavy atom. The number of para-hydroxylation sites is 1. The zero-order chi connectivity index (χ0) is 55.9. The highest BCUT2D eigenvalue weighted by atomic mass is 16.5. The molecule has 25 heteroatoms. The number of aliphatic imine (C=N–C) groups is 1. The zero-order valence-electron chi connectivity index (χ0n) is 42.6. The zero-order valence-corrected chi connectivity index (χ0v) is 42.6. The van der Waals surface area contributed by atoms with Gasteiger partial charge in [-0.05, 0) is 74.9 Å². The van der Waals surface area contributed by atoms with Crippen molar-refractivity contribution in [3.05, 3.63) is 102 Å². The van der Waals surface area contributed by atoms with Crippen molar-refractivity contribution in [1.29, 1.82) is 0 Å². The first kappa shape index (κ1) is 57.7. The number of aromatic amines is 2. The fourth-order valence-electron chi connectivity index (χ4n) is 9.10. The number of guanidine groups is 1. The summed E-state index contributed by atoms with van der Waals surface area (Å²) in [6, 6.07) is 9.76. The number of rotatable bonds is 24. The molecule has 3 aromatic carbocycles. The van der Waals surface area contributed by atoms with E-state index in [4.69, 9.17) is 33.4 Å². The van der Waals surface area contributed by atoms with Gasteiger partial charge in [-0.1, -0.05) is 61.5 Å². The lowest BCUT2D eigenvalue weighted by Crippen LogP contribution is -2.63. The summed E-state index contributed by atoms with van der Waals surface area (Å²) in [6.45, 7) is 3.03. The normalized spacial score (nSPS) is 19.6. The van der Waals surface area contributed by atoms with Crippen LogP contribution in [-0.4, -0.2) is 135 Å². The van der Waals surface area contributed by atoms with Gasteiger partial charge in [0.15, 0.2) is 12.1 Å². The molecule has 2 aromatic heterocycles. The van der Waals surface area contributed by atoms with Gasteiger partial charge in [-0.2, -0.15) is 0 Å². The van der Waals surface area contributed by atoms with E-state index in [2.05, 4.69) is 46.9 Å². The number of hydrogen-bond acceptors (Lipinski definition) is 13. The Hall–Kier alpha value is -8.55. The summed E-state index contributed by atoms with van der Waals surface area (Å²) in [5, 5.41) is 38.3. The number of fused-ring (bicyclic) bond motifs is 10. The molecular formula is C52H68N14O11. The second kappa shape index (κ2) is 26.8. The molecule has 7 amide bonds. The van der Waals surface area contributed by atoms with Gasteiger partial charge in [-0.3, -0.25) is 38.6 Å². The summed E-state index contributed by atoms with van der Waals surface area (Å²) in [5.41, 5.74) is 31.0. The first-order valence-corrected chi connectivity index (χ1v) is 25.2. The molecule has 0 aliphatic carbocycles. The summed E-state index contributed by atoms with van der Waals surface area (Å²) < 4.78 is 6.75. The SMILES string of the molecule is CC[C@H](N)C(=O)N[C@@H](CC(N)=O)C(=O)N[C@@H]1C(=O)N[C@@H](C(C)O)C(=O)N[C@H](C(=O)N[C@@H](CCCN=C(N)N)C(=O)N[C@@H](Cc2ccccc2)C(=O)O)[C@@H](CCCN)c2ccc3c(c[nH]c3c2)[C@H]1Oc1cccc2cc[nH]c12. The van der Waals surface area contributed by atoms with E-state index in [1.807, 2.05) is 6.07 Å². The lowest BCUT2D eigenvalue weighted by Gasteiger charge is -2.34. The Kier molecular flexibility index (Phi) is 20.1. The van der Waals surface area contributed by atoms with Crippen LogP contribution in [0.5, 0.6) is 5.75 Å². The molecule has 10 atom stereocenters. The van der Waals surface area contributed by atoms with Crippen molar-refractivity contribution in [3.63, 3.8) is 0 Å². The minimum Gasteiger partial charge on any atom is -0.481 e. The minimum absolute atomic E-state index is 0.0318. The van der Waals surface area contributed by atoms with Crippen molar-refractivity contribution < 1.29 is 53.3 Å². The first-order valence-electron chi connectivity index (χ1n) is 25.2. The molecule has 0 fully saturated rings. The van der Waals surface area contributed by atoms with Crippen LogP contribution in [0.4, 0.5) is 0 Å². The number of nitrogens with zero attached hydrogens (tertiary/aromatic N) is 1. The smallest absolute Gasteiger partial charge is 0.326 e. The van der Waals surface area contributed by atoms with Crippen LogP contribution < -0.4 is 65.3 Å². The molecule has 0 saturated carbocycles. The van der Waals surface area contributed by atoms with Crippen molar-refractivity contribution in [2.24, 2.45) is 33.7 Å². The van der Waals surface area contributed by atoms with Crippen LogP contribution in [0.15, 0.2) is 90.2 Å². The standard InChI is InChI=1S/C52H68N14O11/c1-3-33(54)45(69)62-36(24-39(55)68)47(71)66-43-44(77-38-15-7-12-28-18-21-58-41(28)38)32-25-60-35-23-29(16-17-31(32)35)30(13-8-19-53)42(65-48(72)40(26(2)67)64-50(43)74)49(73)61-34(14-9-20-59-52(56)57)46(70)63-37(51(75)76)22-27-10-5-4-6-11-27/h4-7,10-12,15-18,21,23,25-26,30,33-34,36-37,40,42-44,58,60,67H,3,8-9,13-14,19-20,22,24,53-54H2,1-2H3,(H2,55,68)(H,61,73)(H,62,69)(H,63,70)(H,64,74)(H,65,72)(H,66,71)(H,75,76)(H4,56,57,59)/t26?,30-,33-,34-,36-,37-,40-,42-,43-,44+/m0/s1. The van der Waals surface area contributed by atoms with Crippen molar-refractivity contribution in [3.8, 4) is 5.75 Å². The maximum absolute atomic E-state index is 15.2. The van der Waals surface area contributed by atoms with E-state index in [9.17, 15) is 39.0 Å². The third-order valence-corrected chi connectivity index (χ3v) is 13.2. The van der Waals surface area contributed by atoms with Crippen molar-refractivity contribution in [2.75, 3.05) is 13.1 Å². The number of aliphatic hydroxyl groups is 1. The lowest BCUT2D eigenvalue weighted by molar-refractivity contribution is -0.142. The van der Waals surface area contributed by atoms with E-state index < -0.39 is 114 Å². The number of aromatic nitrogens is 2. The number of carboxylic acids is 1. The molecule has 412 valence electrons. The number of amides is 7. The van der Waals surface area contributed by atoms with Crippen LogP contribution in [0, 0.1) is 0 Å². The van der Waals surface area contributed by atoms with Gasteiger partial charge in [0.2, 0.25) is 41.4 Å². The number of hydrogen-bond donors (Lipinski definition) is 15. The molecule has 0 saturated heterocycles. The quantitative estimate of drug-likeness (QED) is 0.0198. The van der Waals surface area contributed by atoms with Crippen molar-refractivity contribution in [1.82, 2.24) is 41.9 Å². The van der Waals surface area contributed by atoms with Crippen LogP contribution in [0.1, 0.15) is 81.1 Å². The molecule has 2 aliphatic rings. The van der Waals surface area contributed by atoms with E-state index in [1.54, 1.807) is 86.0 Å². The number of H-pyrrole nitrogens is 2. The number of primary amides is 1. The molecule has 4 bridgehead atoms. The topological polar surface area (TPSA) is 432 Å². The Labute approximate surface area is 442 Å². The number of aliphatic carboxylic acids is 1. The molecule has 7 rings (SSSR count). The third-order valence-electron chi connectivity index (χ3n) is 13.2. The highest BCUT2D eigenvalue weighted by Gasteiger charge is 2.42. The molecule has 1 unspecified atom stereocenters. The predicted molar refractivity (Wildman–Crippen MR) is 284 cm³/mol. The van der Waals surface area contributed by atoms with E-state index in [1.165, 1.54) is 6.92 Å². The molecule has 4 heterocycles. The van der Waals surface area contributed by atoms with Gasteiger partial charge in [0.1, 0.15) is 42.0 Å². The highest BCUT2D eigenvalue weighted by molar-refractivity contribution is 5.99. The fourth-order valence-corrected chi connectivity index (χ4v) is 9.10. The van der Waals surface area contributed by atoms with E-state index in [-0.39, 0.29) is 56.9 Å². The molecule has 77 heavy (non-hydrogen) atoms. The maximum atomic E-state index is 15.2. The Bertz CT molecular complexity index is 2940. The van der Waals surface area contributed by atoms with Gasteiger partial charge in [0.25, 0.3) is 0 Å². The second-order valence-electron chi connectivity index (χ2n) is 18.9. The van der Waals surface area contributed by atoms with E-state index in [0.717, 1.165) is 5.39 Å². The van der Waals surface area contributed by atoms with Gasteiger partial charge in [0.05, 0.1) is 24.1 Å². The average Bonchev–Trinajstić information content (AvgIpc) is 4.08. The van der Waals surface area contributed by atoms with E-state index in [0.29, 0.717) is 39.5 Å². The summed E-state index contributed by atoms with van der Waals surface area (Å²) in [6.07, 6.45) is -0.0708. The number of nitrogens with one attached hydrogen (secondary N) is 8. The molecule has 25 nitrogen and oxygen atoms in total. The molecular weight excluding hydrogens is 997 g/mol. The molecule has 2 aliphatic heterocycles. The number of benzene rings is 3. The number of ether oxygens (including phenoxy) is 1. The van der Waals surface area contributed by atoms with Crippen LogP contribution >= 0.6 is 0 Å². The number of carbonyl (C=O) groups is 8. The number of carbonyl (C=O) groups excluding carboxylic acids is 7. The minimum atomic E-state index is -1.87.